The predicted octanol–water partition coefficient (Wildman–Crippen LogP) is 5.57. The van der Waals surface area contributed by atoms with E-state index in [-0.39, 0.29) is 0 Å². The van der Waals surface area contributed by atoms with Crippen LogP contribution in [0.4, 0.5) is 11.7 Å². The maximum atomic E-state index is 5.95. The number of nitrogens with one attached hydrogen (secondary N) is 1. The van der Waals surface area contributed by atoms with E-state index in [1.54, 1.807) is 12.1 Å². The molecule has 0 atom stereocenters. The van der Waals surface area contributed by atoms with Crippen molar-refractivity contribution in [2.75, 3.05) is 5.32 Å². The molecule has 108 valence electrons. The molecule has 0 fully saturated rings. The quantitative estimate of drug-likeness (QED) is 0.669. The summed E-state index contributed by atoms with van der Waals surface area (Å²) in [4.78, 5) is 4.38. The highest BCUT2D eigenvalue weighted by Crippen LogP contribution is 2.24. The Morgan fingerprint density at radius 1 is 1.14 bits per heavy atom. The molecule has 0 aliphatic heterocycles. The Kier molecular flexibility index (Phi) is 4.11. The first kappa shape index (κ1) is 14.0. The van der Waals surface area contributed by atoms with Crippen LogP contribution >= 0.6 is 11.6 Å². The third kappa shape index (κ3) is 3.37. The molecule has 3 nitrogen and oxygen atoms in total. The molecule has 3 aromatic rings. The first-order valence-electron chi connectivity index (χ1n) is 7.16. The smallest absolute Gasteiger partial charge is 0.300 e. The van der Waals surface area contributed by atoms with Gasteiger partial charge in [-0.2, -0.15) is 4.98 Å². The fourth-order valence-electron chi connectivity index (χ4n) is 2.21. The van der Waals surface area contributed by atoms with Gasteiger partial charge in [-0.3, -0.25) is 0 Å². The Morgan fingerprint density at radius 2 is 1.95 bits per heavy atom. The molecule has 0 bridgehead atoms. The lowest BCUT2D eigenvalue weighted by molar-refractivity contribution is 0.623. The number of fused-ring (bicyclic) bond motifs is 1. The van der Waals surface area contributed by atoms with Crippen molar-refractivity contribution in [2.45, 2.75) is 26.2 Å². The highest BCUT2D eigenvalue weighted by atomic mass is 35.5. The van der Waals surface area contributed by atoms with Crippen molar-refractivity contribution in [3.05, 3.63) is 53.1 Å². The molecule has 0 saturated carbocycles. The second kappa shape index (κ2) is 6.19. The van der Waals surface area contributed by atoms with Gasteiger partial charge in [0.25, 0.3) is 6.01 Å². The highest BCUT2D eigenvalue weighted by Gasteiger charge is 2.06. The molecule has 0 aliphatic carbocycles. The van der Waals surface area contributed by atoms with E-state index >= 15 is 0 Å². The number of unbranched alkanes of at least 4 members (excludes halogenated alkanes) is 1. The van der Waals surface area contributed by atoms with Crippen molar-refractivity contribution < 1.29 is 4.42 Å². The fourth-order valence-corrected chi connectivity index (χ4v) is 2.38. The monoisotopic (exact) mass is 300 g/mol. The molecule has 0 amide bonds. The van der Waals surface area contributed by atoms with Gasteiger partial charge >= 0.3 is 0 Å². The maximum absolute atomic E-state index is 5.95. The number of anilines is 2. The standard InChI is InChI=1S/C17H17ClN2O/c1-2-3-4-12-5-8-14(9-6-12)19-17-20-15-11-13(18)7-10-16(15)21-17/h5-11H,2-4H2,1H3,(H,19,20). The SMILES string of the molecule is CCCCc1ccc(Nc2nc3cc(Cl)ccc3o2)cc1. The van der Waals surface area contributed by atoms with Crippen LogP contribution in [-0.2, 0) is 6.42 Å². The normalized spacial score (nSPS) is 11.0. The number of hydrogen-bond acceptors (Lipinski definition) is 3. The summed E-state index contributed by atoms with van der Waals surface area (Å²) in [6, 6.07) is 14.3. The van der Waals surface area contributed by atoms with E-state index in [0.717, 1.165) is 23.2 Å². The number of nitrogens with zero attached hydrogens (tertiary/aromatic N) is 1. The second-order valence-corrected chi connectivity index (χ2v) is 5.49. The molecule has 0 spiro atoms. The molecule has 3 rings (SSSR count). The van der Waals surface area contributed by atoms with Crippen molar-refractivity contribution in [3.8, 4) is 0 Å². The number of rotatable bonds is 5. The maximum Gasteiger partial charge on any atom is 0.300 e. The van der Waals surface area contributed by atoms with E-state index in [1.165, 1.54) is 18.4 Å². The summed E-state index contributed by atoms with van der Waals surface area (Å²) in [5, 5.41) is 3.83. The Bertz CT molecular complexity index is 734. The van der Waals surface area contributed by atoms with Gasteiger partial charge in [-0.15, -0.1) is 0 Å². The minimum atomic E-state index is 0.480. The van der Waals surface area contributed by atoms with Gasteiger partial charge in [-0.05, 0) is 48.7 Å². The predicted molar refractivity (Wildman–Crippen MR) is 87.4 cm³/mol. The summed E-state index contributed by atoms with van der Waals surface area (Å²) < 4.78 is 5.64. The molecule has 0 saturated heterocycles. The lowest BCUT2D eigenvalue weighted by atomic mass is 10.1. The van der Waals surface area contributed by atoms with Crippen LogP contribution in [0.25, 0.3) is 11.1 Å². The van der Waals surface area contributed by atoms with E-state index in [9.17, 15) is 0 Å². The molecule has 1 aromatic heterocycles. The minimum absolute atomic E-state index is 0.480. The van der Waals surface area contributed by atoms with Crippen molar-refractivity contribution in [2.24, 2.45) is 0 Å². The first-order chi connectivity index (χ1) is 10.2. The van der Waals surface area contributed by atoms with E-state index in [4.69, 9.17) is 16.0 Å². The van der Waals surface area contributed by atoms with Gasteiger partial charge in [-0.25, -0.2) is 0 Å². The fraction of sp³-hybridized carbons (Fsp3) is 0.235. The summed E-state index contributed by atoms with van der Waals surface area (Å²) in [6.45, 7) is 2.20. The summed E-state index contributed by atoms with van der Waals surface area (Å²) in [6.07, 6.45) is 3.56. The zero-order chi connectivity index (χ0) is 14.7. The molecule has 21 heavy (non-hydrogen) atoms. The van der Waals surface area contributed by atoms with Crippen LogP contribution in [-0.4, -0.2) is 4.98 Å². The molecular formula is C17H17ClN2O. The van der Waals surface area contributed by atoms with Gasteiger partial charge in [-0.1, -0.05) is 37.1 Å². The van der Waals surface area contributed by atoms with Gasteiger partial charge in [0.1, 0.15) is 5.52 Å². The van der Waals surface area contributed by atoms with E-state index in [0.29, 0.717) is 11.0 Å². The van der Waals surface area contributed by atoms with Crippen LogP contribution in [0.3, 0.4) is 0 Å². The van der Waals surface area contributed by atoms with Crippen LogP contribution in [0.15, 0.2) is 46.9 Å². The molecule has 0 aliphatic rings. The molecule has 0 unspecified atom stereocenters. The Morgan fingerprint density at radius 3 is 2.71 bits per heavy atom. The average Bonchev–Trinajstić information content (AvgIpc) is 2.88. The Balaban J connectivity index is 1.75. The molecular weight excluding hydrogens is 284 g/mol. The van der Waals surface area contributed by atoms with Gasteiger partial charge in [0.2, 0.25) is 0 Å². The van der Waals surface area contributed by atoms with Crippen LogP contribution in [0.5, 0.6) is 0 Å². The molecule has 1 heterocycles. The molecule has 1 N–H and O–H groups in total. The van der Waals surface area contributed by atoms with Gasteiger partial charge in [0, 0.05) is 10.7 Å². The second-order valence-electron chi connectivity index (χ2n) is 5.06. The number of aryl methyl sites for hydroxylation is 1. The van der Waals surface area contributed by atoms with Crippen LogP contribution < -0.4 is 5.32 Å². The highest BCUT2D eigenvalue weighted by molar-refractivity contribution is 6.31. The van der Waals surface area contributed by atoms with Crippen molar-refractivity contribution in [1.29, 1.82) is 0 Å². The summed E-state index contributed by atoms with van der Waals surface area (Å²) in [5.41, 5.74) is 3.80. The lowest BCUT2D eigenvalue weighted by Crippen LogP contribution is -1.91. The summed E-state index contributed by atoms with van der Waals surface area (Å²) in [5.74, 6) is 0. The van der Waals surface area contributed by atoms with E-state index < -0.39 is 0 Å². The van der Waals surface area contributed by atoms with Crippen LogP contribution in [0.2, 0.25) is 5.02 Å². The van der Waals surface area contributed by atoms with Crippen LogP contribution in [0, 0.1) is 0 Å². The van der Waals surface area contributed by atoms with Gasteiger partial charge in [0.05, 0.1) is 0 Å². The summed E-state index contributed by atoms with van der Waals surface area (Å²) >= 11 is 5.95. The topological polar surface area (TPSA) is 38.1 Å². The van der Waals surface area contributed by atoms with Crippen molar-refractivity contribution in [3.63, 3.8) is 0 Å². The van der Waals surface area contributed by atoms with Crippen molar-refractivity contribution >= 4 is 34.4 Å². The molecule has 2 aromatic carbocycles. The first-order valence-corrected chi connectivity index (χ1v) is 7.54. The minimum Gasteiger partial charge on any atom is -0.423 e. The number of hydrogen-bond donors (Lipinski definition) is 1. The molecule has 0 radical (unpaired) electrons. The van der Waals surface area contributed by atoms with Crippen molar-refractivity contribution in [1.82, 2.24) is 4.98 Å². The summed E-state index contributed by atoms with van der Waals surface area (Å²) in [7, 11) is 0. The lowest BCUT2D eigenvalue weighted by Gasteiger charge is -2.03. The number of aromatic nitrogens is 1. The Labute approximate surface area is 128 Å². The third-order valence-corrected chi connectivity index (χ3v) is 3.61. The van der Waals surface area contributed by atoms with E-state index in [2.05, 4.69) is 29.4 Å². The largest absolute Gasteiger partial charge is 0.423 e. The zero-order valence-electron chi connectivity index (χ0n) is 11.9. The number of benzene rings is 2. The zero-order valence-corrected chi connectivity index (χ0v) is 12.7. The molecule has 4 heteroatoms. The average molecular weight is 301 g/mol. The number of halogens is 1. The van der Waals surface area contributed by atoms with Gasteiger partial charge in [0.15, 0.2) is 5.58 Å². The van der Waals surface area contributed by atoms with E-state index in [1.807, 2.05) is 18.2 Å². The van der Waals surface area contributed by atoms with Crippen LogP contribution in [0.1, 0.15) is 25.3 Å². The number of oxazole rings is 1. The van der Waals surface area contributed by atoms with Gasteiger partial charge < -0.3 is 9.73 Å². The third-order valence-electron chi connectivity index (χ3n) is 3.37. The Hall–Kier alpha value is -2.00.